The van der Waals surface area contributed by atoms with Crippen LogP contribution in [-0.2, 0) is 4.79 Å². The number of urea groups is 1. The molecule has 200 valence electrons. The van der Waals surface area contributed by atoms with E-state index in [0.717, 1.165) is 27.9 Å². The van der Waals surface area contributed by atoms with Gasteiger partial charge in [0, 0.05) is 28.9 Å². The molecule has 0 aliphatic carbocycles. The van der Waals surface area contributed by atoms with Gasteiger partial charge < -0.3 is 15.4 Å². The van der Waals surface area contributed by atoms with Gasteiger partial charge >= 0.3 is 12.0 Å². The van der Waals surface area contributed by atoms with Crippen molar-refractivity contribution in [2.75, 3.05) is 10.6 Å². The molecule has 0 saturated carbocycles. The van der Waals surface area contributed by atoms with Gasteiger partial charge in [-0.1, -0.05) is 71.8 Å². The molecule has 5 rings (SSSR count). The largest absolute Gasteiger partial charge is 0.407 e. The molecule has 8 heteroatoms. The van der Waals surface area contributed by atoms with E-state index in [9.17, 15) is 9.59 Å². The summed E-state index contributed by atoms with van der Waals surface area (Å²) < 4.78 is 7.45. The summed E-state index contributed by atoms with van der Waals surface area (Å²) >= 11 is 6.01. The zero-order valence-corrected chi connectivity index (χ0v) is 23.0. The number of carbonyl (C=O) groups excluding carboxylic acids is 2. The van der Waals surface area contributed by atoms with Gasteiger partial charge in [-0.15, -0.1) is 0 Å². The predicted octanol–water partition coefficient (Wildman–Crippen LogP) is 8.05. The molecule has 0 bridgehead atoms. The van der Waals surface area contributed by atoms with Gasteiger partial charge in [-0.05, 0) is 67.4 Å². The third-order valence-electron chi connectivity index (χ3n) is 6.17. The number of nitrogens with zero attached hydrogens (tertiary/aromatic N) is 2. The summed E-state index contributed by atoms with van der Waals surface area (Å²) in [6.07, 6.45) is 0. The van der Waals surface area contributed by atoms with Gasteiger partial charge in [0.15, 0.2) is 0 Å². The SMILES string of the molecule is CC(=O)Oc1c(-c2ccc(NC(=O)Nc3cccc(Cl)c3)cc2)c(-c2ccc(C)cc2)nn1-c1cccc(C)c1. The van der Waals surface area contributed by atoms with Gasteiger partial charge in [-0.25, -0.2) is 4.79 Å². The molecule has 1 aromatic heterocycles. The lowest BCUT2D eigenvalue weighted by atomic mass is 10.00. The molecular formula is C32H27ClN4O3. The summed E-state index contributed by atoms with van der Waals surface area (Å²) in [5, 5.41) is 11.0. The molecule has 0 radical (unpaired) electrons. The first-order chi connectivity index (χ1) is 19.3. The van der Waals surface area contributed by atoms with E-state index in [1.165, 1.54) is 6.92 Å². The zero-order chi connectivity index (χ0) is 28.2. The number of benzene rings is 4. The fourth-order valence-electron chi connectivity index (χ4n) is 4.32. The maximum atomic E-state index is 12.5. The lowest BCUT2D eigenvalue weighted by Crippen LogP contribution is -2.19. The molecule has 0 aliphatic heterocycles. The van der Waals surface area contributed by atoms with Crippen LogP contribution in [0.1, 0.15) is 18.1 Å². The number of nitrogens with one attached hydrogen (secondary N) is 2. The molecule has 40 heavy (non-hydrogen) atoms. The number of hydrogen-bond acceptors (Lipinski definition) is 4. The summed E-state index contributed by atoms with van der Waals surface area (Å²) in [6.45, 7) is 5.39. The van der Waals surface area contributed by atoms with E-state index < -0.39 is 12.0 Å². The average Bonchev–Trinajstić information content (AvgIpc) is 3.28. The second-order valence-corrected chi connectivity index (χ2v) is 9.84. The third-order valence-corrected chi connectivity index (χ3v) is 6.40. The zero-order valence-electron chi connectivity index (χ0n) is 22.2. The third kappa shape index (κ3) is 6.06. The number of amides is 2. The number of esters is 1. The van der Waals surface area contributed by atoms with E-state index >= 15 is 0 Å². The Morgan fingerprint density at radius 1 is 0.775 bits per heavy atom. The minimum Gasteiger partial charge on any atom is -0.407 e. The highest BCUT2D eigenvalue weighted by Gasteiger charge is 2.24. The Morgan fingerprint density at radius 2 is 1.45 bits per heavy atom. The Hall–Kier alpha value is -4.88. The molecular weight excluding hydrogens is 524 g/mol. The van der Waals surface area contributed by atoms with Gasteiger partial charge in [-0.3, -0.25) is 4.79 Å². The number of aromatic nitrogens is 2. The highest BCUT2D eigenvalue weighted by Crippen LogP contribution is 2.41. The number of anilines is 2. The number of ether oxygens (including phenoxy) is 1. The normalized spacial score (nSPS) is 10.7. The molecule has 7 nitrogen and oxygen atoms in total. The molecule has 0 fully saturated rings. The fourth-order valence-corrected chi connectivity index (χ4v) is 4.51. The highest BCUT2D eigenvalue weighted by atomic mass is 35.5. The summed E-state index contributed by atoms with van der Waals surface area (Å²) in [7, 11) is 0. The smallest absolute Gasteiger partial charge is 0.323 e. The molecule has 2 N–H and O–H groups in total. The van der Waals surface area contributed by atoms with Crippen LogP contribution < -0.4 is 15.4 Å². The Kier molecular flexibility index (Phi) is 7.66. The summed E-state index contributed by atoms with van der Waals surface area (Å²) in [4.78, 5) is 24.8. The summed E-state index contributed by atoms with van der Waals surface area (Å²) in [5.74, 6) is -0.144. The van der Waals surface area contributed by atoms with Crippen molar-refractivity contribution in [3.63, 3.8) is 0 Å². The van der Waals surface area contributed by atoms with Crippen molar-refractivity contribution in [3.05, 3.63) is 113 Å². The van der Waals surface area contributed by atoms with Gasteiger partial charge in [0.05, 0.1) is 11.3 Å². The van der Waals surface area contributed by atoms with Crippen molar-refractivity contribution in [2.24, 2.45) is 0 Å². The molecule has 4 aromatic carbocycles. The van der Waals surface area contributed by atoms with Crippen molar-refractivity contribution in [1.29, 1.82) is 0 Å². The van der Waals surface area contributed by atoms with Crippen LogP contribution in [-0.4, -0.2) is 21.8 Å². The second kappa shape index (κ2) is 11.5. The number of carbonyl (C=O) groups is 2. The predicted molar refractivity (Wildman–Crippen MR) is 159 cm³/mol. The summed E-state index contributed by atoms with van der Waals surface area (Å²) in [6, 6.07) is 29.7. The van der Waals surface area contributed by atoms with Crippen LogP contribution in [0.3, 0.4) is 0 Å². The molecule has 2 amide bonds. The lowest BCUT2D eigenvalue weighted by molar-refractivity contribution is -0.132. The summed E-state index contributed by atoms with van der Waals surface area (Å²) in [5.41, 5.74) is 7.08. The molecule has 0 spiro atoms. The first-order valence-corrected chi connectivity index (χ1v) is 13.0. The van der Waals surface area contributed by atoms with Crippen LogP contribution in [0.4, 0.5) is 16.2 Å². The highest BCUT2D eigenvalue weighted by molar-refractivity contribution is 6.30. The van der Waals surface area contributed by atoms with Crippen LogP contribution in [0.2, 0.25) is 5.02 Å². The van der Waals surface area contributed by atoms with Crippen molar-refractivity contribution < 1.29 is 14.3 Å². The van der Waals surface area contributed by atoms with Crippen molar-refractivity contribution >= 4 is 35.0 Å². The number of rotatable bonds is 6. The van der Waals surface area contributed by atoms with E-state index in [1.54, 1.807) is 41.1 Å². The van der Waals surface area contributed by atoms with Crippen molar-refractivity contribution in [3.8, 4) is 34.0 Å². The first kappa shape index (κ1) is 26.7. The minimum absolute atomic E-state index is 0.313. The topological polar surface area (TPSA) is 85.2 Å². The van der Waals surface area contributed by atoms with Crippen LogP contribution in [0.25, 0.3) is 28.1 Å². The number of aryl methyl sites for hydroxylation is 2. The van der Waals surface area contributed by atoms with E-state index in [0.29, 0.717) is 33.5 Å². The van der Waals surface area contributed by atoms with E-state index in [4.69, 9.17) is 21.4 Å². The van der Waals surface area contributed by atoms with Crippen molar-refractivity contribution in [2.45, 2.75) is 20.8 Å². The quantitative estimate of drug-likeness (QED) is 0.209. The van der Waals surface area contributed by atoms with Gasteiger partial charge in [-0.2, -0.15) is 9.78 Å². The fraction of sp³-hybridized carbons (Fsp3) is 0.0938. The molecule has 5 aromatic rings. The van der Waals surface area contributed by atoms with Crippen LogP contribution in [0, 0.1) is 13.8 Å². The first-order valence-electron chi connectivity index (χ1n) is 12.7. The average molecular weight is 551 g/mol. The van der Waals surface area contributed by atoms with Crippen LogP contribution in [0.5, 0.6) is 5.88 Å². The lowest BCUT2D eigenvalue weighted by Gasteiger charge is -2.11. The van der Waals surface area contributed by atoms with Gasteiger partial charge in [0.25, 0.3) is 0 Å². The van der Waals surface area contributed by atoms with Gasteiger partial charge in [0.1, 0.15) is 5.69 Å². The van der Waals surface area contributed by atoms with Gasteiger partial charge in [0.2, 0.25) is 5.88 Å². The Bertz CT molecular complexity index is 1690. The molecule has 0 unspecified atom stereocenters. The van der Waals surface area contributed by atoms with Crippen LogP contribution >= 0.6 is 11.6 Å². The van der Waals surface area contributed by atoms with Crippen LogP contribution in [0.15, 0.2) is 97.1 Å². The number of halogens is 1. The Morgan fingerprint density at radius 3 is 2.12 bits per heavy atom. The van der Waals surface area contributed by atoms with Crippen molar-refractivity contribution in [1.82, 2.24) is 9.78 Å². The molecule has 1 heterocycles. The second-order valence-electron chi connectivity index (χ2n) is 9.41. The minimum atomic E-state index is -0.457. The van der Waals surface area contributed by atoms with E-state index in [-0.39, 0.29) is 0 Å². The molecule has 0 saturated heterocycles. The number of hydrogen-bond donors (Lipinski definition) is 2. The Labute approximate surface area is 237 Å². The van der Waals surface area contributed by atoms with E-state index in [1.807, 2.05) is 74.5 Å². The monoisotopic (exact) mass is 550 g/mol. The van der Waals surface area contributed by atoms with E-state index in [2.05, 4.69) is 10.6 Å². The standard InChI is InChI=1S/C32H27ClN4O3/c1-20-10-12-24(13-11-20)30-29(31(40-22(3)38)37(36-30)28-9-4-6-21(2)18-28)23-14-16-26(17-15-23)34-32(39)35-27-8-5-7-25(33)19-27/h4-19H,1-3H3,(H2,34,35,39). The Balaban J connectivity index is 1.55. The maximum Gasteiger partial charge on any atom is 0.323 e. The molecule has 0 atom stereocenters. The maximum absolute atomic E-state index is 12.5. The molecule has 0 aliphatic rings.